The monoisotopic (exact) mass is 198 g/mol. The minimum absolute atomic E-state index is 0.154. The van der Waals surface area contributed by atoms with Crippen LogP contribution in [-0.4, -0.2) is 30.8 Å². The highest BCUT2D eigenvalue weighted by Crippen LogP contribution is 2.16. The summed E-state index contributed by atoms with van der Waals surface area (Å²) in [7, 11) is 3.83. The van der Waals surface area contributed by atoms with Crippen molar-refractivity contribution in [3.8, 4) is 0 Å². The van der Waals surface area contributed by atoms with Crippen LogP contribution < -0.4 is 10.2 Å². The van der Waals surface area contributed by atoms with E-state index in [0.29, 0.717) is 11.8 Å². The summed E-state index contributed by atoms with van der Waals surface area (Å²) in [5.41, 5.74) is 0. The van der Waals surface area contributed by atoms with Crippen molar-refractivity contribution in [3.05, 3.63) is 5.89 Å². The first-order valence-corrected chi connectivity index (χ1v) is 4.94. The Hall–Kier alpha value is -1.10. The minimum Gasteiger partial charge on any atom is -0.342 e. The van der Waals surface area contributed by atoms with E-state index in [1.165, 1.54) is 0 Å². The van der Waals surface area contributed by atoms with Crippen LogP contribution in [0.1, 0.15) is 32.2 Å². The van der Waals surface area contributed by atoms with Crippen LogP contribution in [0, 0.1) is 0 Å². The van der Waals surface area contributed by atoms with Gasteiger partial charge in [-0.25, -0.2) is 0 Å². The Morgan fingerprint density at radius 1 is 1.50 bits per heavy atom. The molecule has 0 saturated carbocycles. The van der Waals surface area contributed by atoms with E-state index in [1.807, 2.05) is 25.9 Å². The van der Waals surface area contributed by atoms with Crippen molar-refractivity contribution < 1.29 is 4.52 Å². The molecule has 0 radical (unpaired) electrons. The van der Waals surface area contributed by atoms with Crippen LogP contribution in [0.2, 0.25) is 0 Å². The molecule has 1 rings (SSSR count). The van der Waals surface area contributed by atoms with Gasteiger partial charge in [-0.3, -0.25) is 0 Å². The van der Waals surface area contributed by atoms with Crippen molar-refractivity contribution in [2.75, 3.05) is 25.5 Å². The number of nitrogens with zero attached hydrogens (tertiary/aromatic N) is 3. The molecule has 0 aromatic carbocycles. The molecule has 80 valence electrons. The quantitative estimate of drug-likeness (QED) is 0.770. The number of hydrogen-bond donors (Lipinski definition) is 1. The molecule has 0 bridgehead atoms. The molecule has 1 aromatic heterocycles. The average molecular weight is 198 g/mol. The van der Waals surface area contributed by atoms with Crippen molar-refractivity contribution in [1.82, 2.24) is 15.5 Å². The van der Waals surface area contributed by atoms with Gasteiger partial charge in [0.1, 0.15) is 0 Å². The summed E-state index contributed by atoms with van der Waals surface area (Å²) in [5.74, 6) is 1.31. The Morgan fingerprint density at radius 2 is 2.21 bits per heavy atom. The SMILES string of the molecule is CCC(NC)c1nc(N(C)CC)no1. The van der Waals surface area contributed by atoms with E-state index in [4.69, 9.17) is 4.52 Å². The highest BCUT2D eigenvalue weighted by molar-refractivity contribution is 5.25. The zero-order valence-electron chi connectivity index (χ0n) is 9.24. The van der Waals surface area contributed by atoms with Crippen LogP contribution >= 0.6 is 0 Å². The van der Waals surface area contributed by atoms with Crippen molar-refractivity contribution in [2.24, 2.45) is 0 Å². The summed E-state index contributed by atoms with van der Waals surface area (Å²) in [5, 5.41) is 7.03. The fourth-order valence-electron chi connectivity index (χ4n) is 1.17. The summed E-state index contributed by atoms with van der Waals surface area (Å²) in [6.45, 7) is 5.00. The summed E-state index contributed by atoms with van der Waals surface area (Å²) in [6.07, 6.45) is 0.938. The normalized spacial score (nSPS) is 12.9. The molecule has 0 fully saturated rings. The highest BCUT2D eigenvalue weighted by Gasteiger charge is 2.16. The molecule has 0 saturated heterocycles. The number of aromatic nitrogens is 2. The molecule has 0 aliphatic carbocycles. The van der Waals surface area contributed by atoms with Crippen molar-refractivity contribution in [1.29, 1.82) is 0 Å². The number of anilines is 1. The smallest absolute Gasteiger partial charge is 0.265 e. The Kier molecular flexibility index (Phi) is 3.88. The lowest BCUT2D eigenvalue weighted by Crippen LogP contribution is -2.18. The maximum Gasteiger partial charge on any atom is 0.265 e. The molecule has 0 aliphatic rings. The summed E-state index contributed by atoms with van der Waals surface area (Å²) >= 11 is 0. The molecule has 0 spiro atoms. The van der Waals surface area contributed by atoms with Gasteiger partial charge in [0.2, 0.25) is 5.89 Å². The minimum atomic E-state index is 0.154. The molecule has 14 heavy (non-hydrogen) atoms. The van der Waals surface area contributed by atoms with Crippen molar-refractivity contribution in [3.63, 3.8) is 0 Å². The molecular formula is C9H18N4O. The lowest BCUT2D eigenvalue weighted by atomic mass is 10.2. The molecule has 5 heteroatoms. The molecule has 1 N–H and O–H groups in total. The average Bonchev–Trinajstić information content (AvgIpc) is 2.68. The van der Waals surface area contributed by atoms with Crippen LogP contribution in [0.25, 0.3) is 0 Å². The summed E-state index contributed by atoms with van der Waals surface area (Å²) in [6, 6.07) is 0.154. The Balaban J connectivity index is 2.76. The standard InChI is InChI=1S/C9H18N4O/c1-5-7(10-3)8-11-9(12-14-8)13(4)6-2/h7,10H,5-6H2,1-4H3. The molecule has 5 nitrogen and oxygen atoms in total. The van der Waals surface area contributed by atoms with E-state index in [-0.39, 0.29) is 6.04 Å². The Morgan fingerprint density at radius 3 is 2.71 bits per heavy atom. The number of rotatable bonds is 5. The Bertz CT molecular complexity index is 270. The molecule has 1 heterocycles. The van der Waals surface area contributed by atoms with Gasteiger partial charge < -0.3 is 14.7 Å². The number of nitrogens with one attached hydrogen (secondary N) is 1. The van der Waals surface area contributed by atoms with Crippen LogP contribution in [0.15, 0.2) is 4.52 Å². The van der Waals surface area contributed by atoms with Crippen LogP contribution in [0.4, 0.5) is 5.95 Å². The third-order valence-electron chi connectivity index (χ3n) is 2.30. The van der Waals surface area contributed by atoms with E-state index < -0.39 is 0 Å². The molecule has 1 aromatic rings. The fourth-order valence-corrected chi connectivity index (χ4v) is 1.17. The lowest BCUT2D eigenvalue weighted by Gasteiger charge is -2.09. The van der Waals surface area contributed by atoms with E-state index >= 15 is 0 Å². The van der Waals surface area contributed by atoms with Gasteiger partial charge in [-0.2, -0.15) is 4.98 Å². The predicted molar refractivity (Wildman–Crippen MR) is 55.3 cm³/mol. The van der Waals surface area contributed by atoms with Crippen LogP contribution in [-0.2, 0) is 0 Å². The van der Waals surface area contributed by atoms with Gasteiger partial charge in [-0.15, -0.1) is 0 Å². The second kappa shape index (κ2) is 4.95. The van der Waals surface area contributed by atoms with E-state index in [2.05, 4.69) is 22.4 Å². The molecule has 1 atom stereocenters. The molecule has 0 aliphatic heterocycles. The Labute approximate surface area is 84.5 Å². The van der Waals surface area contributed by atoms with Crippen LogP contribution in [0.3, 0.4) is 0 Å². The zero-order valence-corrected chi connectivity index (χ0v) is 9.24. The third-order valence-corrected chi connectivity index (χ3v) is 2.30. The first-order valence-electron chi connectivity index (χ1n) is 4.94. The van der Waals surface area contributed by atoms with Gasteiger partial charge in [0.05, 0.1) is 6.04 Å². The van der Waals surface area contributed by atoms with Gasteiger partial charge in [0, 0.05) is 13.6 Å². The molecule has 1 unspecified atom stereocenters. The van der Waals surface area contributed by atoms with E-state index in [1.54, 1.807) is 0 Å². The maximum atomic E-state index is 5.17. The third kappa shape index (κ3) is 2.23. The van der Waals surface area contributed by atoms with Crippen molar-refractivity contribution in [2.45, 2.75) is 26.3 Å². The van der Waals surface area contributed by atoms with Crippen molar-refractivity contribution >= 4 is 5.95 Å². The first-order chi connectivity index (χ1) is 6.72. The second-order valence-corrected chi connectivity index (χ2v) is 3.20. The largest absolute Gasteiger partial charge is 0.342 e. The number of hydrogen-bond acceptors (Lipinski definition) is 5. The maximum absolute atomic E-state index is 5.17. The second-order valence-electron chi connectivity index (χ2n) is 3.20. The zero-order chi connectivity index (χ0) is 10.6. The summed E-state index contributed by atoms with van der Waals surface area (Å²) in [4.78, 5) is 6.25. The van der Waals surface area contributed by atoms with E-state index in [0.717, 1.165) is 13.0 Å². The van der Waals surface area contributed by atoms with E-state index in [9.17, 15) is 0 Å². The summed E-state index contributed by atoms with van der Waals surface area (Å²) < 4.78 is 5.17. The van der Waals surface area contributed by atoms with Crippen LogP contribution in [0.5, 0.6) is 0 Å². The highest BCUT2D eigenvalue weighted by atomic mass is 16.5. The molecular weight excluding hydrogens is 180 g/mol. The predicted octanol–water partition coefficient (Wildman–Crippen LogP) is 1.20. The van der Waals surface area contributed by atoms with Gasteiger partial charge >= 0.3 is 0 Å². The first kappa shape index (κ1) is 11.0. The lowest BCUT2D eigenvalue weighted by molar-refractivity contribution is 0.334. The topological polar surface area (TPSA) is 54.2 Å². The van der Waals surface area contributed by atoms with Gasteiger partial charge in [0.15, 0.2) is 0 Å². The molecule has 0 amide bonds. The van der Waals surface area contributed by atoms with Gasteiger partial charge in [0.25, 0.3) is 5.95 Å². The van der Waals surface area contributed by atoms with Gasteiger partial charge in [-0.1, -0.05) is 6.92 Å². The fraction of sp³-hybridized carbons (Fsp3) is 0.778. The van der Waals surface area contributed by atoms with Gasteiger partial charge in [-0.05, 0) is 25.5 Å².